The third kappa shape index (κ3) is 3.98. The lowest BCUT2D eigenvalue weighted by Crippen LogP contribution is -2.47. The van der Waals surface area contributed by atoms with Crippen LogP contribution in [-0.2, 0) is 9.53 Å². The standard InChI is InChI=1S/C15H27NO2/c1-13-12-18-11-10-16(13)15(17)9-5-8-14-6-3-2-4-7-14/h13-14H,2-12H2,1H3. The highest BCUT2D eigenvalue weighted by molar-refractivity contribution is 5.76. The highest BCUT2D eigenvalue weighted by Crippen LogP contribution is 2.27. The van der Waals surface area contributed by atoms with Crippen LogP contribution in [0.2, 0.25) is 0 Å². The third-order valence-electron chi connectivity index (χ3n) is 4.42. The second-order valence-corrected chi connectivity index (χ2v) is 5.91. The van der Waals surface area contributed by atoms with Crippen molar-refractivity contribution in [1.82, 2.24) is 4.90 Å². The van der Waals surface area contributed by atoms with Crippen LogP contribution in [0.1, 0.15) is 58.3 Å². The first-order valence-electron chi connectivity index (χ1n) is 7.64. The Labute approximate surface area is 111 Å². The van der Waals surface area contributed by atoms with Crippen LogP contribution in [0.3, 0.4) is 0 Å². The van der Waals surface area contributed by atoms with E-state index in [0.717, 1.165) is 25.3 Å². The van der Waals surface area contributed by atoms with E-state index >= 15 is 0 Å². The summed E-state index contributed by atoms with van der Waals surface area (Å²) in [6, 6.07) is 0.265. The number of amides is 1. The van der Waals surface area contributed by atoms with E-state index in [-0.39, 0.29) is 6.04 Å². The van der Waals surface area contributed by atoms with E-state index in [4.69, 9.17) is 4.74 Å². The molecule has 18 heavy (non-hydrogen) atoms. The van der Waals surface area contributed by atoms with Gasteiger partial charge in [0.15, 0.2) is 0 Å². The fourth-order valence-corrected chi connectivity index (χ4v) is 3.26. The Morgan fingerprint density at radius 3 is 2.78 bits per heavy atom. The lowest BCUT2D eigenvalue weighted by molar-refractivity contribution is -0.139. The molecule has 0 aromatic carbocycles. The largest absolute Gasteiger partial charge is 0.377 e. The number of ether oxygens (including phenoxy) is 1. The van der Waals surface area contributed by atoms with Crippen LogP contribution in [0.25, 0.3) is 0 Å². The maximum Gasteiger partial charge on any atom is 0.222 e. The minimum atomic E-state index is 0.265. The molecule has 0 spiro atoms. The summed E-state index contributed by atoms with van der Waals surface area (Å²) in [5.41, 5.74) is 0. The summed E-state index contributed by atoms with van der Waals surface area (Å²) in [5.74, 6) is 1.23. The van der Waals surface area contributed by atoms with Gasteiger partial charge in [0.25, 0.3) is 0 Å². The van der Waals surface area contributed by atoms with Gasteiger partial charge in [-0.25, -0.2) is 0 Å². The van der Waals surface area contributed by atoms with E-state index in [1.165, 1.54) is 38.5 Å². The summed E-state index contributed by atoms with van der Waals surface area (Å²) >= 11 is 0. The lowest BCUT2D eigenvalue weighted by atomic mass is 9.86. The molecule has 3 nitrogen and oxygen atoms in total. The maximum absolute atomic E-state index is 12.1. The zero-order valence-corrected chi connectivity index (χ0v) is 11.7. The fraction of sp³-hybridized carbons (Fsp3) is 0.933. The number of carbonyl (C=O) groups excluding carboxylic acids is 1. The summed E-state index contributed by atoms with van der Waals surface area (Å²) in [4.78, 5) is 14.1. The first-order valence-corrected chi connectivity index (χ1v) is 7.64. The van der Waals surface area contributed by atoms with Gasteiger partial charge in [0.1, 0.15) is 0 Å². The van der Waals surface area contributed by atoms with Crippen molar-refractivity contribution in [3.05, 3.63) is 0 Å². The van der Waals surface area contributed by atoms with Crippen LogP contribution in [0.5, 0.6) is 0 Å². The molecule has 2 aliphatic rings. The summed E-state index contributed by atoms with van der Waals surface area (Å²) < 4.78 is 5.37. The molecule has 1 heterocycles. The van der Waals surface area contributed by atoms with Gasteiger partial charge in [-0.05, 0) is 25.7 Å². The molecule has 0 N–H and O–H groups in total. The predicted octanol–water partition coefficient (Wildman–Crippen LogP) is 2.98. The molecule has 1 atom stereocenters. The third-order valence-corrected chi connectivity index (χ3v) is 4.42. The Hall–Kier alpha value is -0.570. The second-order valence-electron chi connectivity index (χ2n) is 5.91. The molecule has 3 heteroatoms. The summed E-state index contributed by atoms with van der Waals surface area (Å²) in [6.07, 6.45) is 10.1. The number of morpholine rings is 1. The summed E-state index contributed by atoms with van der Waals surface area (Å²) in [7, 11) is 0. The van der Waals surface area contributed by atoms with Gasteiger partial charge >= 0.3 is 0 Å². The zero-order valence-electron chi connectivity index (χ0n) is 11.7. The van der Waals surface area contributed by atoms with E-state index in [1.54, 1.807) is 0 Å². The van der Waals surface area contributed by atoms with Gasteiger partial charge in [-0.15, -0.1) is 0 Å². The highest BCUT2D eigenvalue weighted by atomic mass is 16.5. The van der Waals surface area contributed by atoms with Crippen molar-refractivity contribution in [2.75, 3.05) is 19.8 Å². The van der Waals surface area contributed by atoms with Gasteiger partial charge in [0.05, 0.1) is 19.3 Å². The number of rotatable bonds is 4. The molecule has 1 saturated heterocycles. The monoisotopic (exact) mass is 253 g/mol. The second kappa shape index (κ2) is 7.13. The molecular formula is C15H27NO2. The average Bonchev–Trinajstić information content (AvgIpc) is 2.40. The topological polar surface area (TPSA) is 29.5 Å². The van der Waals surface area contributed by atoms with Crippen molar-refractivity contribution in [1.29, 1.82) is 0 Å². The molecule has 1 amide bonds. The Bertz CT molecular complexity index is 261. The highest BCUT2D eigenvalue weighted by Gasteiger charge is 2.23. The smallest absolute Gasteiger partial charge is 0.222 e. The molecule has 0 aromatic rings. The molecule has 1 aliphatic heterocycles. The molecule has 1 saturated carbocycles. The van der Waals surface area contributed by atoms with Crippen LogP contribution in [0.4, 0.5) is 0 Å². The number of hydrogen-bond acceptors (Lipinski definition) is 2. The zero-order chi connectivity index (χ0) is 12.8. The van der Waals surface area contributed by atoms with Crippen LogP contribution >= 0.6 is 0 Å². The van der Waals surface area contributed by atoms with E-state index < -0.39 is 0 Å². The Morgan fingerprint density at radius 2 is 2.06 bits per heavy atom. The molecule has 2 fully saturated rings. The van der Waals surface area contributed by atoms with Crippen LogP contribution in [0.15, 0.2) is 0 Å². The minimum absolute atomic E-state index is 0.265. The van der Waals surface area contributed by atoms with Crippen LogP contribution < -0.4 is 0 Å². The van der Waals surface area contributed by atoms with Crippen molar-refractivity contribution in [2.45, 2.75) is 64.3 Å². The van der Waals surface area contributed by atoms with E-state index in [9.17, 15) is 4.79 Å². The molecule has 104 valence electrons. The number of hydrogen-bond donors (Lipinski definition) is 0. The molecule has 0 bridgehead atoms. The summed E-state index contributed by atoms with van der Waals surface area (Å²) in [6.45, 7) is 4.27. The first kappa shape index (κ1) is 13.9. The maximum atomic E-state index is 12.1. The molecule has 2 rings (SSSR count). The van der Waals surface area contributed by atoms with Crippen LogP contribution in [-0.4, -0.2) is 36.6 Å². The van der Waals surface area contributed by atoms with E-state index in [2.05, 4.69) is 6.92 Å². The number of carbonyl (C=O) groups is 1. The molecule has 1 unspecified atom stereocenters. The SMILES string of the molecule is CC1COCCN1C(=O)CCCC1CCCCC1. The lowest BCUT2D eigenvalue weighted by Gasteiger charge is -2.33. The van der Waals surface area contributed by atoms with E-state index in [1.807, 2.05) is 4.90 Å². The normalized spacial score (nSPS) is 26.3. The molecular weight excluding hydrogens is 226 g/mol. The Balaban J connectivity index is 1.64. The van der Waals surface area contributed by atoms with Crippen molar-refractivity contribution in [3.8, 4) is 0 Å². The van der Waals surface area contributed by atoms with Gasteiger partial charge in [-0.2, -0.15) is 0 Å². The first-order chi connectivity index (χ1) is 8.77. The molecule has 0 radical (unpaired) electrons. The predicted molar refractivity (Wildman–Crippen MR) is 72.4 cm³/mol. The molecule has 1 aliphatic carbocycles. The van der Waals surface area contributed by atoms with Crippen molar-refractivity contribution < 1.29 is 9.53 Å². The van der Waals surface area contributed by atoms with Crippen LogP contribution in [0, 0.1) is 5.92 Å². The van der Waals surface area contributed by atoms with Gasteiger partial charge < -0.3 is 9.64 Å². The van der Waals surface area contributed by atoms with Crippen molar-refractivity contribution in [3.63, 3.8) is 0 Å². The summed E-state index contributed by atoms with van der Waals surface area (Å²) in [5, 5.41) is 0. The average molecular weight is 253 g/mol. The number of nitrogens with zero attached hydrogens (tertiary/aromatic N) is 1. The van der Waals surface area contributed by atoms with Gasteiger partial charge in [-0.1, -0.05) is 32.1 Å². The van der Waals surface area contributed by atoms with Gasteiger partial charge in [-0.3, -0.25) is 4.79 Å². The van der Waals surface area contributed by atoms with E-state index in [0.29, 0.717) is 19.1 Å². The van der Waals surface area contributed by atoms with Gasteiger partial charge in [0, 0.05) is 13.0 Å². The van der Waals surface area contributed by atoms with Crippen molar-refractivity contribution in [2.24, 2.45) is 5.92 Å². The minimum Gasteiger partial charge on any atom is -0.377 e. The fourth-order valence-electron chi connectivity index (χ4n) is 3.26. The Kier molecular flexibility index (Phi) is 5.48. The quantitative estimate of drug-likeness (QED) is 0.771. The Morgan fingerprint density at radius 1 is 1.28 bits per heavy atom. The molecule has 0 aromatic heterocycles. The van der Waals surface area contributed by atoms with Crippen molar-refractivity contribution >= 4 is 5.91 Å². The van der Waals surface area contributed by atoms with Gasteiger partial charge in [0.2, 0.25) is 5.91 Å².